The molecule has 20 heavy (non-hydrogen) atoms. The monoisotopic (exact) mass is 313 g/mol. The second-order valence-electron chi connectivity index (χ2n) is 4.94. The second-order valence-corrected chi connectivity index (χ2v) is 4.94. The zero-order valence-corrected chi connectivity index (χ0v) is 11.3. The molecule has 0 spiro atoms. The van der Waals surface area contributed by atoms with Crippen LogP contribution in [0.3, 0.4) is 0 Å². The standard InChI is InChI=1S/C13H15F4NO.ClH/c14-10-6-8(4-5-9(10)13(15,16)17)11(18)12(19)7-2-1-3-7;/h4-7,11-12,19H,1-3,18H2;1H/t11-,12+;/m0./s1. The molecule has 1 saturated carbocycles. The van der Waals surface area contributed by atoms with E-state index in [0.29, 0.717) is 6.07 Å². The van der Waals surface area contributed by atoms with Crippen LogP contribution in [0.15, 0.2) is 18.2 Å². The zero-order valence-electron chi connectivity index (χ0n) is 10.5. The number of nitrogens with two attached hydrogens (primary N) is 1. The van der Waals surface area contributed by atoms with Crippen molar-refractivity contribution in [3.05, 3.63) is 35.1 Å². The van der Waals surface area contributed by atoms with Crippen LogP contribution in [0.1, 0.15) is 36.4 Å². The maximum atomic E-state index is 13.4. The lowest BCUT2D eigenvalue weighted by atomic mass is 9.77. The van der Waals surface area contributed by atoms with Crippen LogP contribution in [0.4, 0.5) is 17.6 Å². The Balaban J connectivity index is 0.00000200. The normalized spacial score (nSPS) is 18.9. The molecule has 2 rings (SSSR count). The number of hydrogen-bond acceptors (Lipinski definition) is 2. The van der Waals surface area contributed by atoms with E-state index in [0.717, 1.165) is 31.4 Å². The van der Waals surface area contributed by atoms with Crippen molar-refractivity contribution in [2.45, 2.75) is 37.6 Å². The van der Waals surface area contributed by atoms with Crippen molar-refractivity contribution in [2.75, 3.05) is 0 Å². The van der Waals surface area contributed by atoms with Crippen molar-refractivity contribution in [2.24, 2.45) is 11.7 Å². The molecule has 0 saturated heterocycles. The van der Waals surface area contributed by atoms with Gasteiger partial charge in [-0.25, -0.2) is 4.39 Å². The van der Waals surface area contributed by atoms with Gasteiger partial charge in [0.15, 0.2) is 0 Å². The molecule has 0 amide bonds. The first-order chi connectivity index (χ1) is 8.80. The van der Waals surface area contributed by atoms with Crippen molar-refractivity contribution in [1.82, 2.24) is 0 Å². The van der Waals surface area contributed by atoms with Gasteiger partial charge >= 0.3 is 6.18 Å². The summed E-state index contributed by atoms with van der Waals surface area (Å²) in [6, 6.07) is 1.69. The third-order valence-electron chi connectivity index (χ3n) is 3.68. The molecule has 1 aliphatic carbocycles. The van der Waals surface area contributed by atoms with Crippen LogP contribution in [-0.4, -0.2) is 11.2 Å². The Labute approximate surface area is 120 Å². The van der Waals surface area contributed by atoms with Gasteiger partial charge in [-0.15, -0.1) is 12.4 Å². The lowest BCUT2D eigenvalue weighted by molar-refractivity contribution is -0.140. The van der Waals surface area contributed by atoms with E-state index >= 15 is 0 Å². The first-order valence-electron chi connectivity index (χ1n) is 6.11. The first kappa shape index (κ1) is 17.2. The minimum atomic E-state index is -4.72. The van der Waals surface area contributed by atoms with E-state index in [4.69, 9.17) is 5.73 Å². The molecule has 0 unspecified atom stereocenters. The summed E-state index contributed by atoms with van der Waals surface area (Å²) in [6.45, 7) is 0. The maximum absolute atomic E-state index is 13.4. The highest BCUT2D eigenvalue weighted by atomic mass is 35.5. The topological polar surface area (TPSA) is 46.2 Å². The van der Waals surface area contributed by atoms with E-state index in [1.54, 1.807) is 0 Å². The summed E-state index contributed by atoms with van der Waals surface area (Å²) in [5.74, 6) is -1.30. The van der Waals surface area contributed by atoms with Crippen LogP contribution in [0.5, 0.6) is 0 Å². The number of aliphatic hydroxyl groups excluding tert-OH is 1. The molecule has 0 aromatic heterocycles. The lowest BCUT2D eigenvalue weighted by Gasteiger charge is -2.33. The van der Waals surface area contributed by atoms with Crippen LogP contribution in [0.2, 0.25) is 0 Å². The molecule has 2 nitrogen and oxygen atoms in total. The Morgan fingerprint density at radius 2 is 1.85 bits per heavy atom. The first-order valence-corrected chi connectivity index (χ1v) is 6.11. The summed E-state index contributed by atoms with van der Waals surface area (Å²) >= 11 is 0. The van der Waals surface area contributed by atoms with Crippen LogP contribution in [0, 0.1) is 11.7 Å². The molecule has 1 aromatic rings. The highest BCUT2D eigenvalue weighted by Crippen LogP contribution is 2.36. The Morgan fingerprint density at radius 1 is 1.25 bits per heavy atom. The number of hydrogen-bond donors (Lipinski definition) is 2. The molecule has 1 aliphatic rings. The summed E-state index contributed by atoms with van der Waals surface area (Å²) in [6.07, 6.45) is -2.87. The SMILES string of the molecule is Cl.N[C@@H](c1ccc(C(F)(F)F)c(F)c1)[C@H](O)C1CCC1. The molecule has 0 bridgehead atoms. The molecule has 0 aliphatic heterocycles. The zero-order chi connectivity index (χ0) is 14.2. The van der Waals surface area contributed by atoms with E-state index in [1.807, 2.05) is 0 Å². The summed E-state index contributed by atoms with van der Waals surface area (Å²) in [4.78, 5) is 0. The summed E-state index contributed by atoms with van der Waals surface area (Å²) in [5.41, 5.74) is 4.65. The van der Waals surface area contributed by atoms with Crippen molar-refractivity contribution in [1.29, 1.82) is 0 Å². The Bertz CT molecular complexity index is 462. The summed E-state index contributed by atoms with van der Waals surface area (Å²) < 4.78 is 50.6. The van der Waals surface area contributed by atoms with Gasteiger partial charge in [-0.3, -0.25) is 0 Å². The van der Waals surface area contributed by atoms with Gasteiger partial charge in [0.2, 0.25) is 0 Å². The van der Waals surface area contributed by atoms with Crippen LogP contribution in [-0.2, 0) is 6.18 Å². The third-order valence-corrected chi connectivity index (χ3v) is 3.68. The van der Waals surface area contributed by atoms with E-state index in [2.05, 4.69) is 0 Å². The average Bonchev–Trinajstić information content (AvgIpc) is 2.23. The molecule has 3 N–H and O–H groups in total. The molecule has 1 aromatic carbocycles. The second kappa shape index (κ2) is 6.28. The number of rotatable bonds is 3. The fraction of sp³-hybridized carbons (Fsp3) is 0.538. The summed E-state index contributed by atoms with van der Waals surface area (Å²) in [7, 11) is 0. The minimum Gasteiger partial charge on any atom is -0.391 e. The average molecular weight is 314 g/mol. The van der Waals surface area contributed by atoms with E-state index < -0.39 is 29.7 Å². The molecule has 114 valence electrons. The lowest BCUT2D eigenvalue weighted by Crippen LogP contribution is -2.36. The smallest absolute Gasteiger partial charge is 0.391 e. The fourth-order valence-corrected chi connectivity index (χ4v) is 2.24. The quantitative estimate of drug-likeness (QED) is 0.840. The van der Waals surface area contributed by atoms with Gasteiger partial charge in [0.1, 0.15) is 5.82 Å². The number of alkyl halides is 3. The molecule has 1 fully saturated rings. The van der Waals surface area contributed by atoms with E-state index in [-0.39, 0.29) is 23.9 Å². The molecular formula is C13H16ClF4NO. The number of benzene rings is 1. The van der Waals surface area contributed by atoms with Crippen LogP contribution >= 0.6 is 12.4 Å². The Morgan fingerprint density at radius 3 is 2.25 bits per heavy atom. The molecule has 0 heterocycles. The van der Waals surface area contributed by atoms with Gasteiger partial charge in [-0.05, 0) is 36.5 Å². The highest BCUT2D eigenvalue weighted by Gasteiger charge is 2.35. The molecular weight excluding hydrogens is 298 g/mol. The van der Waals surface area contributed by atoms with Gasteiger partial charge in [0, 0.05) is 0 Å². The highest BCUT2D eigenvalue weighted by molar-refractivity contribution is 5.85. The van der Waals surface area contributed by atoms with Gasteiger partial charge in [-0.2, -0.15) is 13.2 Å². The van der Waals surface area contributed by atoms with Crippen LogP contribution in [0.25, 0.3) is 0 Å². The van der Waals surface area contributed by atoms with E-state index in [1.165, 1.54) is 0 Å². The van der Waals surface area contributed by atoms with Crippen molar-refractivity contribution < 1.29 is 22.7 Å². The summed E-state index contributed by atoms with van der Waals surface area (Å²) in [5, 5.41) is 9.94. The predicted molar refractivity (Wildman–Crippen MR) is 68.9 cm³/mol. The third kappa shape index (κ3) is 3.42. The fourth-order valence-electron chi connectivity index (χ4n) is 2.24. The maximum Gasteiger partial charge on any atom is 0.419 e. The van der Waals surface area contributed by atoms with E-state index in [9.17, 15) is 22.7 Å². The largest absolute Gasteiger partial charge is 0.419 e. The van der Waals surface area contributed by atoms with Gasteiger partial charge in [-0.1, -0.05) is 12.5 Å². The van der Waals surface area contributed by atoms with Crippen molar-refractivity contribution in [3.8, 4) is 0 Å². The van der Waals surface area contributed by atoms with Crippen molar-refractivity contribution in [3.63, 3.8) is 0 Å². The Kier molecular flexibility index (Phi) is 5.40. The van der Waals surface area contributed by atoms with Crippen molar-refractivity contribution >= 4 is 12.4 Å². The minimum absolute atomic E-state index is 0. The van der Waals surface area contributed by atoms with Gasteiger partial charge in [0.25, 0.3) is 0 Å². The van der Waals surface area contributed by atoms with Crippen LogP contribution < -0.4 is 5.73 Å². The Hall–Kier alpha value is -0.850. The molecule has 0 radical (unpaired) electrons. The van der Waals surface area contributed by atoms with Gasteiger partial charge in [0.05, 0.1) is 17.7 Å². The number of aliphatic hydroxyl groups is 1. The number of halogens is 5. The molecule has 2 atom stereocenters. The predicted octanol–water partition coefficient (Wildman–Crippen LogP) is 3.43. The van der Waals surface area contributed by atoms with Gasteiger partial charge < -0.3 is 10.8 Å². The molecule has 7 heteroatoms.